The molecule has 0 saturated heterocycles. The zero-order valence-electron chi connectivity index (χ0n) is 18.6. The predicted octanol–water partition coefficient (Wildman–Crippen LogP) is 8.67. The third-order valence-corrected chi connectivity index (χ3v) is 9.99. The fraction of sp³-hybridized carbons (Fsp3) is 0.481. The van der Waals surface area contributed by atoms with Gasteiger partial charge in [-0.2, -0.15) is 0 Å². The summed E-state index contributed by atoms with van der Waals surface area (Å²) in [6.45, 7) is 9.72. The van der Waals surface area contributed by atoms with Crippen LogP contribution in [0.2, 0.25) is 0 Å². The first-order chi connectivity index (χ1) is 14.7. The SMILES string of the molecule is C=C/C=C\C=C(/C)OS(Oc1ccc(C=C)cc1)(C1CCCCC1)C1CCCCC1. The largest absolute Gasteiger partial charge is 0.387 e. The van der Waals surface area contributed by atoms with Gasteiger partial charge in [0.25, 0.3) is 0 Å². The van der Waals surface area contributed by atoms with Gasteiger partial charge in [-0.25, -0.2) is 0 Å². The van der Waals surface area contributed by atoms with Crippen LogP contribution in [0.3, 0.4) is 0 Å². The predicted molar refractivity (Wildman–Crippen MR) is 133 cm³/mol. The van der Waals surface area contributed by atoms with E-state index in [0.717, 1.165) is 17.1 Å². The Morgan fingerprint density at radius 2 is 1.43 bits per heavy atom. The molecule has 164 valence electrons. The Hall–Kier alpha value is -1.87. The second kappa shape index (κ2) is 11.5. The van der Waals surface area contributed by atoms with Gasteiger partial charge in [-0.05, 0) is 56.4 Å². The quantitative estimate of drug-likeness (QED) is 0.290. The minimum atomic E-state index is -1.76. The lowest BCUT2D eigenvalue weighted by molar-refractivity contribution is 0.352. The summed E-state index contributed by atoms with van der Waals surface area (Å²) in [7, 11) is -1.76. The summed E-state index contributed by atoms with van der Waals surface area (Å²) in [4.78, 5) is 0. The van der Waals surface area contributed by atoms with E-state index in [1.807, 2.05) is 18.2 Å². The highest BCUT2D eigenvalue weighted by Gasteiger charge is 2.42. The molecule has 2 aliphatic carbocycles. The van der Waals surface area contributed by atoms with Gasteiger partial charge in [-0.15, -0.1) is 10.6 Å². The summed E-state index contributed by atoms with van der Waals surface area (Å²) in [5, 5.41) is 1.00. The van der Waals surface area contributed by atoms with E-state index >= 15 is 0 Å². The van der Waals surface area contributed by atoms with Crippen molar-refractivity contribution in [3.05, 3.63) is 73.1 Å². The Labute approximate surface area is 185 Å². The van der Waals surface area contributed by atoms with Crippen LogP contribution in [0.4, 0.5) is 0 Å². The van der Waals surface area contributed by atoms with Gasteiger partial charge in [0.1, 0.15) is 5.76 Å². The molecule has 2 fully saturated rings. The van der Waals surface area contributed by atoms with E-state index in [1.165, 1.54) is 64.2 Å². The van der Waals surface area contributed by atoms with Crippen molar-refractivity contribution in [1.82, 2.24) is 0 Å². The number of benzene rings is 1. The van der Waals surface area contributed by atoms with Crippen molar-refractivity contribution >= 4 is 16.7 Å². The molecule has 0 amide bonds. The first-order valence-corrected chi connectivity index (χ1v) is 13.2. The molecular formula is C27H38O2S. The molecule has 0 unspecified atom stereocenters. The number of allylic oxidation sites excluding steroid dienone is 5. The molecule has 2 nitrogen and oxygen atoms in total. The van der Waals surface area contributed by atoms with E-state index in [9.17, 15) is 0 Å². The molecule has 0 heterocycles. The van der Waals surface area contributed by atoms with E-state index in [-0.39, 0.29) is 0 Å². The van der Waals surface area contributed by atoms with Crippen molar-refractivity contribution in [1.29, 1.82) is 0 Å². The lowest BCUT2D eigenvalue weighted by Crippen LogP contribution is -2.36. The van der Waals surface area contributed by atoms with Gasteiger partial charge in [-0.3, -0.25) is 0 Å². The second-order valence-electron chi connectivity index (χ2n) is 8.45. The van der Waals surface area contributed by atoms with Gasteiger partial charge < -0.3 is 8.37 Å². The van der Waals surface area contributed by atoms with Crippen LogP contribution < -0.4 is 4.18 Å². The molecule has 0 N–H and O–H groups in total. The molecule has 1 aromatic rings. The summed E-state index contributed by atoms with van der Waals surface area (Å²) >= 11 is 0. The maximum Gasteiger partial charge on any atom is 0.152 e. The molecule has 2 aliphatic rings. The maximum atomic E-state index is 7.00. The Morgan fingerprint density at radius 1 is 0.867 bits per heavy atom. The van der Waals surface area contributed by atoms with Gasteiger partial charge >= 0.3 is 0 Å². The topological polar surface area (TPSA) is 18.5 Å². The van der Waals surface area contributed by atoms with Crippen molar-refractivity contribution in [2.24, 2.45) is 0 Å². The molecule has 0 aromatic heterocycles. The van der Waals surface area contributed by atoms with E-state index in [0.29, 0.717) is 10.5 Å². The monoisotopic (exact) mass is 426 g/mol. The average Bonchev–Trinajstić information content (AvgIpc) is 2.80. The Balaban J connectivity index is 1.98. The third kappa shape index (κ3) is 5.85. The fourth-order valence-electron chi connectivity index (χ4n) is 4.66. The first kappa shape index (κ1) is 22.8. The summed E-state index contributed by atoms with van der Waals surface area (Å²) in [6.07, 6.45) is 22.3. The van der Waals surface area contributed by atoms with Crippen LogP contribution in [0.1, 0.15) is 76.7 Å². The molecule has 0 spiro atoms. The third-order valence-electron chi connectivity index (χ3n) is 6.22. The van der Waals surface area contributed by atoms with E-state index in [2.05, 4.69) is 50.4 Å². The van der Waals surface area contributed by atoms with Crippen molar-refractivity contribution < 1.29 is 8.37 Å². The van der Waals surface area contributed by atoms with Crippen LogP contribution in [0.15, 0.2) is 67.5 Å². The van der Waals surface area contributed by atoms with E-state index in [4.69, 9.17) is 8.37 Å². The highest BCUT2D eigenvalue weighted by molar-refractivity contribution is 8.27. The smallest absolute Gasteiger partial charge is 0.152 e. The van der Waals surface area contributed by atoms with E-state index in [1.54, 1.807) is 6.08 Å². The van der Waals surface area contributed by atoms with Gasteiger partial charge in [0.2, 0.25) is 0 Å². The summed E-state index contributed by atoms with van der Waals surface area (Å²) < 4.78 is 13.9. The average molecular weight is 427 g/mol. The van der Waals surface area contributed by atoms with Gasteiger partial charge in [-0.1, -0.05) is 88.1 Å². The lowest BCUT2D eigenvalue weighted by atomic mass is 10.00. The molecule has 0 aliphatic heterocycles. The van der Waals surface area contributed by atoms with Crippen LogP contribution in [0.25, 0.3) is 6.08 Å². The fourth-order valence-corrected chi connectivity index (χ4v) is 8.64. The van der Waals surface area contributed by atoms with Gasteiger partial charge in [0.05, 0.1) is 10.5 Å². The van der Waals surface area contributed by atoms with Crippen LogP contribution >= 0.6 is 10.6 Å². The minimum Gasteiger partial charge on any atom is -0.387 e. The Bertz CT molecular complexity index is 717. The van der Waals surface area contributed by atoms with Crippen molar-refractivity contribution in [2.45, 2.75) is 81.6 Å². The van der Waals surface area contributed by atoms with Gasteiger partial charge in [0.15, 0.2) is 5.75 Å². The molecular weight excluding hydrogens is 388 g/mol. The molecule has 0 radical (unpaired) electrons. The normalized spacial score (nSPS) is 20.1. The number of hydrogen-bond donors (Lipinski definition) is 0. The maximum absolute atomic E-state index is 7.00. The van der Waals surface area contributed by atoms with Crippen molar-refractivity contribution in [3.63, 3.8) is 0 Å². The van der Waals surface area contributed by atoms with Crippen LogP contribution in [0.5, 0.6) is 5.75 Å². The molecule has 3 rings (SSSR count). The number of hydrogen-bond acceptors (Lipinski definition) is 2. The van der Waals surface area contributed by atoms with Crippen LogP contribution in [0, 0.1) is 0 Å². The highest BCUT2D eigenvalue weighted by Crippen LogP contribution is 2.65. The zero-order chi connectivity index (χ0) is 21.2. The van der Waals surface area contributed by atoms with Crippen molar-refractivity contribution in [2.75, 3.05) is 0 Å². The Morgan fingerprint density at radius 3 is 1.93 bits per heavy atom. The minimum absolute atomic E-state index is 0.500. The molecule has 0 bridgehead atoms. The molecule has 30 heavy (non-hydrogen) atoms. The molecule has 0 atom stereocenters. The lowest BCUT2D eigenvalue weighted by Gasteiger charge is -2.55. The molecule has 1 aromatic carbocycles. The summed E-state index contributed by atoms with van der Waals surface area (Å²) in [5.41, 5.74) is 1.12. The Kier molecular flexibility index (Phi) is 8.74. The summed E-state index contributed by atoms with van der Waals surface area (Å²) in [6, 6.07) is 8.35. The second-order valence-corrected chi connectivity index (χ2v) is 11.3. The number of rotatable bonds is 9. The standard InChI is InChI=1S/C27H38O2S/c1-4-6-9-14-23(3)28-30(26-15-10-7-11-16-26,27-17-12-8-13-18-27)29-25-21-19-24(5-2)20-22-25/h4-6,9,14,19-22,26-27H,1-2,7-8,10-13,15-18H2,3H3/b9-6-,23-14+. The van der Waals surface area contributed by atoms with Gasteiger partial charge in [0, 0.05) is 0 Å². The van der Waals surface area contributed by atoms with Crippen LogP contribution in [-0.4, -0.2) is 10.5 Å². The highest BCUT2D eigenvalue weighted by atomic mass is 32.3. The first-order valence-electron chi connectivity index (χ1n) is 11.6. The van der Waals surface area contributed by atoms with Crippen LogP contribution in [-0.2, 0) is 4.18 Å². The zero-order valence-corrected chi connectivity index (χ0v) is 19.4. The van der Waals surface area contributed by atoms with Crippen molar-refractivity contribution in [3.8, 4) is 5.75 Å². The van der Waals surface area contributed by atoms with E-state index < -0.39 is 10.6 Å². The molecule has 2 saturated carbocycles. The summed E-state index contributed by atoms with van der Waals surface area (Å²) in [5.74, 6) is 1.88. The molecule has 3 heteroatoms.